The molecule has 1 saturated carbocycles. The highest BCUT2D eigenvalue weighted by molar-refractivity contribution is 6.05. The zero-order valence-electron chi connectivity index (χ0n) is 17.4. The number of hydrogen-bond acceptors (Lipinski definition) is 6. The average Bonchev–Trinajstić information content (AvgIpc) is 3.44. The number of methoxy groups -OCH3 is 1. The van der Waals surface area contributed by atoms with E-state index in [1.165, 1.54) is 7.11 Å². The van der Waals surface area contributed by atoms with Gasteiger partial charge in [-0.3, -0.25) is 9.48 Å². The van der Waals surface area contributed by atoms with Crippen molar-refractivity contribution in [3.05, 3.63) is 42.0 Å². The number of nitrogens with zero attached hydrogens (tertiary/aromatic N) is 6. The van der Waals surface area contributed by atoms with Gasteiger partial charge in [-0.1, -0.05) is 6.07 Å². The first kappa shape index (κ1) is 19.3. The third-order valence-corrected chi connectivity index (χ3v) is 6.16. The van der Waals surface area contributed by atoms with Gasteiger partial charge in [-0.15, -0.1) is 5.10 Å². The Kier molecular flexibility index (Phi) is 4.70. The van der Waals surface area contributed by atoms with E-state index in [0.29, 0.717) is 17.4 Å². The molecule has 0 spiro atoms. The molecule has 5 rings (SSSR count). The Hall–Kier alpha value is -3.67. The van der Waals surface area contributed by atoms with Crippen molar-refractivity contribution in [3.63, 3.8) is 0 Å². The van der Waals surface area contributed by atoms with Crippen LogP contribution < -0.4 is 10.1 Å². The fourth-order valence-electron chi connectivity index (χ4n) is 4.34. The second kappa shape index (κ2) is 7.54. The standard InChI is InChI=1S/C22H23N7O2/c1-13-6-7-20-24-11-18(29(13)20)17-4-3-5-19(25-17)26-21(30)16-12-28(27-22(16)31-2)15-8-14(9-15)10-23/h3-5,11-15H,6-9H2,1-2H3,(H,25,26,30). The van der Waals surface area contributed by atoms with Crippen LogP contribution in [0.15, 0.2) is 30.6 Å². The highest BCUT2D eigenvalue weighted by atomic mass is 16.5. The Morgan fingerprint density at radius 1 is 1.35 bits per heavy atom. The summed E-state index contributed by atoms with van der Waals surface area (Å²) in [7, 11) is 1.49. The average molecular weight is 417 g/mol. The number of nitriles is 1. The van der Waals surface area contributed by atoms with Crippen molar-refractivity contribution in [2.24, 2.45) is 5.92 Å². The van der Waals surface area contributed by atoms with Crippen LogP contribution in [0.25, 0.3) is 11.4 Å². The Morgan fingerprint density at radius 3 is 2.97 bits per heavy atom. The van der Waals surface area contributed by atoms with Crippen molar-refractivity contribution in [2.75, 3.05) is 12.4 Å². The van der Waals surface area contributed by atoms with E-state index in [0.717, 1.165) is 42.9 Å². The highest BCUT2D eigenvalue weighted by Gasteiger charge is 2.32. The van der Waals surface area contributed by atoms with Gasteiger partial charge in [-0.2, -0.15) is 5.26 Å². The minimum absolute atomic E-state index is 0.0529. The maximum Gasteiger partial charge on any atom is 0.263 e. The van der Waals surface area contributed by atoms with Crippen molar-refractivity contribution in [1.82, 2.24) is 24.3 Å². The number of amides is 1. The third kappa shape index (κ3) is 3.34. The second-order valence-corrected chi connectivity index (χ2v) is 8.16. The number of aromatic nitrogens is 5. The number of rotatable bonds is 5. The molecule has 158 valence electrons. The van der Waals surface area contributed by atoms with Crippen LogP contribution in [0.4, 0.5) is 5.82 Å². The summed E-state index contributed by atoms with van der Waals surface area (Å²) >= 11 is 0. The van der Waals surface area contributed by atoms with Gasteiger partial charge in [-0.25, -0.2) is 9.97 Å². The SMILES string of the molecule is COc1nn(C2CC(C#N)C2)cc1C(=O)Nc1cccc(-c2cnc3n2C(C)CC3)n1. The lowest BCUT2D eigenvalue weighted by Crippen LogP contribution is -2.26. The minimum atomic E-state index is -0.337. The number of carbonyl (C=O) groups is 1. The van der Waals surface area contributed by atoms with E-state index >= 15 is 0 Å². The van der Waals surface area contributed by atoms with Crippen molar-refractivity contribution in [1.29, 1.82) is 5.26 Å². The molecule has 0 bridgehead atoms. The van der Waals surface area contributed by atoms with Gasteiger partial charge in [0.05, 0.1) is 42.7 Å². The van der Waals surface area contributed by atoms with Crippen molar-refractivity contribution >= 4 is 11.7 Å². The van der Waals surface area contributed by atoms with Crippen LogP contribution in [0.5, 0.6) is 5.88 Å². The minimum Gasteiger partial charge on any atom is -0.479 e. The van der Waals surface area contributed by atoms with Crippen LogP contribution in [0.1, 0.15) is 54.5 Å². The summed E-state index contributed by atoms with van der Waals surface area (Å²) in [6, 6.07) is 8.31. The third-order valence-electron chi connectivity index (χ3n) is 6.16. The molecule has 1 atom stereocenters. The Bertz CT molecular complexity index is 1180. The molecule has 3 aromatic heterocycles. The molecule has 1 N–H and O–H groups in total. The lowest BCUT2D eigenvalue weighted by atomic mass is 9.81. The van der Waals surface area contributed by atoms with E-state index in [-0.39, 0.29) is 23.7 Å². The first-order valence-corrected chi connectivity index (χ1v) is 10.4. The second-order valence-electron chi connectivity index (χ2n) is 8.16. The predicted molar refractivity (Wildman–Crippen MR) is 113 cm³/mol. The predicted octanol–water partition coefficient (Wildman–Crippen LogP) is 3.38. The molecule has 3 aromatic rings. The smallest absolute Gasteiger partial charge is 0.263 e. The molecule has 1 amide bonds. The van der Waals surface area contributed by atoms with Crippen LogP contribution in [-0.2, 0) is 6.42 Å². The molecule has 0 aromatic carbocycles. The summed E-state index contributed by atoms with van der Waals surface area (Å²) in [5.74, 6) is 1.50. The molecule has 0 saturated heterocycles. The zero-order chi connectivity index (χ0) is 21.5. The maximum atomic E-state index is 12.9. The van der Waals surface area contributed by atoms with Crippen LogP contribution in [0.2, 0.25) is 0 Å². The maximum absolute atomic E-state index is 12.9. The largest absolute Gasteiger partial charge is 0.479 e. The van der Waals surface area contributed by atoms with Gasteiger partial charge in [0.25, 0.3) is 5.91 Å². The van der Waals surface area contributed by atoms with E-state index in [1.54, 1.807) is 16.9 Å². The number of pyridine rings is 1. The molecular weight excluding hydrogens is 394 g/mol. The first-order chi connectivity index (χ1) is 15.1. The highest BCUT2D eigenvalue weighted by Crippen LogP contribution is 2.38. The number of nitrogens with one attached hydrogen (secondary N) is 1. The summed E-state index contributed by atoms with van der Waals surface area (Å²) in [5, 5.41) is 16.2. The van der Waals surface area contributed by atoms with Crippen molar-refractivity contribution in [2.45, 2.75) is 44.7 Å². The molecule has 4 heterocycles. The monoisotopic (exact) mass is 417 g/mol. The van der Waals surface area contributed by atoms with Gasteiger partial charge >= 0.3 is 0 Å². The van der Waals surface area contributed by atoms with Gasteiger partial charge in [-0.05, 0) is 38.3 Å². The normalized spacial score (nSPS) is 21.8. The van der Waals surface area contributed by atoms with Gasteiger partial charge in [0.1, 0.15) is 17.2 Å². The molecule has 1 aliphatic heterocycles. The van der Waals surface area contributed by atoms with E-state index in [9.17, 15) is 4.79 Å². The van der Waals surface area contributed by atoms with Crippen LogP contribution in [0.3, 0.4) is 0 Å². The summed E-state index contributed by atoms with van der Waals surface area (Å²) < 4.78 is 9.25. The number of imidazole rings is 1. The number of carbonyl (C=O) groups excluding carboxylic acids is 1. The first-order valence-electron chi connectivity index (χ1n) is 10.4. The molecular formula is C22H23N7O2. The quantitative estimate of drug-likeness (QED) is 0.681. The number of fused-ring (bicyclic) bond motifs is 1. The van der Waals surface area contributed by atoms with Crippen LogP contribution >= 0.6 is 0 Å². The summed E-state index contributed by atoms with van der Waals surface area (Å²) in [6.07, 6.45) is 7.05. The number of hydrogen-bond donors (Lipinski definition) is 1. The van der Waals surface area contributed by atoms with Gasteiger partial charge in [0, 0.05) is 18.7 Å². The zero-order valence-corrected chi connectivity index (χ0v) is 17.4. The molecule has 9 heteroatoms. The van der Waals surface area contributed by atoms with E-state index in [1.807, 2.05) is 18.3 Å². The Balaban J connectivity index is 1.37. The lowest BCUT2D eigenvalue weighted by Gasteiger charge is -2.30. The van der Waals surface area contributed by atoms with Crippen LogP contribution in [-0.4, -0.2) is 37.3 Å². The molecule has 9 nitrogen and oxygen atoms in total. The molecule has 1 unspecified atom stereocenters. The molecule has 31 heavy (non-hydrogen) atoms. The lowest BCUT2D eigenvalue weighted by molar-refractivity contribution is 0.102. The van der Waals surface area contributed by atoms with E-state index in [4.69, 9.17) is 10.00 Å². The van der Waals surface area contributed by atoms with E-state index in [2.05, 4.69) is 37.9 Å². The van der Waals surface area contributed by atoms with Gasteiger partial charge in [0.2, 0.25) is 5.88 Å². The van der Waals surface area contributed by atoms with Gasteiger partial charge in [0.15, 0.2) is 0 Å². The fourth-order valence-corrected chi connectivity index (χ4v) is 4.34. The fraction of sp³-hybridized carbons (Fsp3) is 0.409. The topological polar surface area (TPSA) is 111 Å². The Labute approximate surface area is 179 Å². The van der Waals surface area contributed by atoms with E-state index < -0.39 is 0 Å². The molecule has 2 aliphatic rings. The molecule has 1 fully saturated rings. The number of ether oxygens (including phenoxy) is 1. The van der Waals surface area contributed by atoms with Gasteiger partial charge < -0.3 is 14.6 Å². The summed E-state index contributed by atoms with van der Waals surface area (Å²) in [6.45, 7) is 2.18. The Morgan fingerprint density at radius 2 is 2.19 bits per heavy atom. The van der Waals surface area contributed by atoms with Crippen molar-refractivity contribution < 1.29 is 9.53 Å². The summed E-state index contributed by atoms with van der Waals surface area (Å²) in [5.41, 5.74) is 2.07. The summed E-state index contributed by atoms with van der Waals surface area (Å²) in [4.78, 5) is 22.1. The number of anilines is 1. The van der Waals surface area contributed by atoms with Crippen LogP contribution in [0, 0.1) is 17.2 Å². The number of aryl methyl sites for hydroxylation is 1. The molecule has 1 aliphatic carbocycles. The molecule has 0 radical (unpaired) electrons. The van der Waals surface area contributed by atoms with Crippen molar-refractivity contribution in [3.8, 4) is 23.3 Å².